The van der Waals surface area contributed by atoms with Crippen LogP contribution in [0.1, 0.15) is 66.7 Å². The fraction of sp³-hybridized carbons (Fsp3) is 0.216. The molecular weight excluding hydrogens is 554 g/mol. The van der Waals surface area contributed by atoms with Crippen LogP contribution in [0.15, 0.2) is 84.9 Å². The number of nitrogens with zero attached hydrogens (tertiary/aromatic N) is 1. The number of carboxylic acid groups (broad SMARTS) is 1. The first-order valence-electron chi connectivity index (χ1n) is 14.4. The van der Waals surface area contributed by atoms with E-state index in [2.05, 4.69) is 4.57 Å². The summed E-state index contributed by atoms with van der Waals surface area (Å²) in [4.78, 5) is 38.8. The maximum absolute atomic E-state index is 14.0. The minimum atomic E-state index is -1.01. The summed E-state index contributed by atoms with van der Waals surface area (Å²) in [7, 11) is 1.53. The monoisotopic (exact) mass is 589 g/mol. The number of carboxylic acids is 1. The lowest BCUT2D eigenvalue weighted by Gasteiger charge is -2.13. The Morgan fingerprint density at radius 3 is 1.86 bits per heavy atom. The Labute approximate surface area is 256 Å². The second kappa shape index (κ2) is 12.7. The number of aromatic nitrogens is 1. The van der Waals surface area contributed by atoms with E-state index in [1.54, 1.807) is 18.2 Å². The van der Waals surface area contributed by atoms with Gasteiger partial charge < -0.3 is 19.1 Å². The highest BCUT2D eigenvalue weighted by Gasteiger charge is 2.25. The summed E-state index contributed by atoms with van der Waals surface area (Å²) in [5, 5.41) is 9.79. The fourth-order valence-electron chi connectivity index (χ4n) is 5.26. The van der Waals surface area contributed by atoms with Gasteiger partial charge in [-0.15, -0.1) is 0 Å². The molecule has 0 aliphatic rings. The molecule has 0 fully saturated rings. The van der Waals surface area contributed by atoms with Gasteiger partial charge in [0.2, 0.25) is 0 Å². The lowest BCUT2D eigenvalue weighted by atomic mass is 9.96. The fourth-order valence-corrected chi connectivity index (χ4v) is 5.26. The van der Waals surface area contributed by atoms with E-state index in [-0.39, 0.29) is 18.2 Å². The molecule has 0 aliphatic heterocycles. The summed E-state index contributed by atoms with van der Waals surface area (Å²) in [5.41, 5.74) is 7.56. The van der Waals surface area contributed by atoms with Crippen LogP contribution in [-0.4, -0.2) is 40.4 Å². The summed E-state index contributed by atoms with van der Waals surface area (Å²) in [5.74, 6) is -0.881. The highest BCUT2D eigenvalue weighted by molar-refractivity contribution is 6.19. The number of hydrogen-bond donors (Lipinski definition) is 1. The van der Waals surface area contributed by atoms with Gasteiger partial charge in [-0.25, -0.2) is 4.79 Å². The van der Waals surface area contributed by atoms with Gasteiger partial charge in [-0.05, 0) is 51.0 Å². The molecule has 224 valence electrons. The maximum atomic E-state index is 14.0. The summed E-state index contributed by atoms with van der Waals surface area (Å²) in [6.07, 6.45) is -0.901. The van der Waals surface area contributed by atoms with Crippen LogP contribution >= 0.6 is 0 Å². The van der Waals surface area contributed by atoms with Gasteiger partial charge in [-0.3, -0.25) is 9.59 Å². The van der Waals surface area contributed by atoms with Gasteiger partial charge in [0, 0.05) is 28.8 Å². The molecule has 1 aromatic heterocycles. The Morgan fingerprint density at radius 2 is 1.32 bits per heavy atom. The van der Waals surface area contributed by atoms with E-state index < -0.39 is 12.1 Å². The standard InChI is InChI=1S/C37H35NO6/c1-22-6-14-28(15-7-22)35(39)31-18-32-30(19-33(31)43-5)34(36(40)29-16-8-23(2)9-17-29)24(3)38(32)20-26-10-12-27(13-11-26)21-44-25(4)37(41)42/h6-19,25H,20-21H2,1-5H3,(H,41,42)/t25-/m1/s1. The van der Waals surface area contributed by atoms with E-state index in [4.69, 9.17) is 14.6 Å². The number of rotatable bonds is 11. The summed E-state index contributed by atoms with van der Waals surface area (Å²) in [6, 6.07) is 26.3. The van der Waals surface area contributed by atoms with Crippen LogP contribution in [0, 0.1) is 20.8 Å². The summed E-state index contributed by atoms with van der Waals surface area (Å²) >= 11 is 0. The van der Waals surface area contributed by atoms with Crippen LogP contribution in [0.4, 0.5) is 0 Å². The third-order valence-electron chi connectivity index (χ3n) is 7.96. The number of ether oxygens (including phenoxy) is 2. The number of benzene rings is 4. The van der Waals surface area contributed by atoms with Gasteiger partial charge in [0.25, 0.3) is 0 Å². The minimum Gasteiger partial charge on any atom is -0.496 e. The zero-order valence-electron chi connectivity index (χ0n) is 25.5. The molecule has 5 aromatic rings. The van der Waals surface area contributed by atoms with E-state index in [1.165, 1.54) is 14.0 Å². The van der Waals surface area contributed by atoms with Crippen molar-refractivity contribution in [2.45, 2.75) is 47.0 Å². The lowest BCUT2D eigenvalue weighted by molar-refractivity contribution is -0.149. The molecule has 0 saturated heterocycles. The summed E-state index contributed by atoms with van der Waals surface area (Å²) < 4.78 is 13.2. The molecule has 0 spiro atoms. The molecular formula is C37H35NO6. The molecule has 1 atom stereocenters. The van der Waals surface area contributed by atoms with Crippen molar-refractivity contribution in [3.05, 3.63) is 135 Å². The number of methoxy groups -OCH3 is 1. The summed E-state index contributed by atoms with van der Waals surface area (Å²) in [6.45, 7) is 8.00. The number of carbonyl (C=O) groups excluding carboxylic acids is 2. The number of hydrogen-bond acceptors (Lipinski definition) is 5. The van der Waals surface area contributed by atoms with E-state index in [0.717, 1.165) is 33.5 Å². The van der Waals surface area contributed by atoms with Crippen molar-refractivity contribution in [1.29, 1.82) is 0 Å². The number of aliphatic carboxylic acids is 1. The van der Waals surface area contributed by atoms with Crippen molar-refractivity contribution in [2.24, 2.45) is 0 Å². The molecule has 0 aliphatic carbocycles. The molecule has 0 amide bonds. The second-order valence-corrected chi connectivity index (χ2v) is 11.1. The Hall–Kier alpha value is -5.01. The zero-order chi connectivity index (χ0) is 31.5. The Bertz CT molecular complexity index is 1850. The topological polar surface area (TPSA) is 94.8 Å². The van der Waals surface area contributed by atoms with Crippen molar-refractivity contribution in [1.82, 2.24) is 4.57 Å². The Kier molecular flexibility index (Phi) is 8.78. The third-order valence-corrected chi connectivity index (χ3v) is 7.96. The molecule has 0 saturated carbocycles. The molecule has 7 nitrogen and oxygen atoms in total. The Balaban J connectivity index is 1.60. The van der Waals surface area contributed by atoms with Gasteiger partial charge in [-0.1, -0.05) is 83.9 Å². The highest BCUT2D eigenvalue weighted by Crippen LogP contribution is 2.35. The molecule has 44 heavy (non-hydrogen) atoms. The molecule has 0 radical (unpaired) electrons. The largest absolute Gasteiger partial charge is 0.496 e. The van der Waals surface area contributed by atoms with Gasteiger partial charge in [0.1, 0.15) is 5.75 Å². The third kappa shape index (κ3) is 6.19. The first kappa shape index (κ1) is 30.4. The molecule has 5 rings (SSSR count). The van der Waals surface area contributed by atoms with Crippen LogP contribution in [0.5, 0.6) is 5.75 Å². The van der Waals surface area contributed by atoms with E-state index in [1.807, 2.05) is 87.5 Å². The van der Waals surface area contributed by atoms with Crippen LogP contribution in [0.3, 0.4) is 0 Å². The van der Waals surface area contributed by atoms with Crippen molar-refractivity contribution in [3.63, 3.8) is 0 Å². The van der Waals surface area contributed by atoms with Gasteiger partial charge >= 0.3 is 5.97 Å². The van der Waals surface area contributed by atoms with Crippen LogP contribution in [0.2, 0.25) is 0 Å². The number of ketones is 2. The SMILES string of the molecule is COc1cc2c(C(=O)c3ccc(C)cc3)c(C)n(Cc3ccc(CO[C@H](C)C(=O)O)cc3)c2cc1C(=O)c1ccc(C)cc1. The zero-order valence-corrected chi connectivity index (χ0v) is 25.5. The molecule has 7 heteroatoms. The Morgan fingerprint density at radius 1 is 0.773 bits per heavy atom. The average Bonchev–Trinajstić information content (AvgIpc) is 3.29. The van der Waals surface area contributed by atoms with Gasteiger partial charge in [-0.2, -0.15) is 0 Å². The van der Waals surface area contributed by atoms with Crippen LogP contribution in [-0.2, 0) is 22.7 Å². The van der Waals surface area contributed by atoms with Gasteiger partial charge in [0.15, 0.2) is 17.7 Å². The lowest BCUT2D eigenvalue weighted by Crippen LogP contribution is -2.19. The van der Waals surface area contributed by atoms with E-state index in [9.17, 15) is 14.4 Å². The van der Waals surface area contributed by atoms with E-state index >= 15 is 0 Å². The van der Waals surface area contributed by atoms with E-state index in [0.29, 0.717) is 39.9 Å². The number of fused-ring (bicyclic) bond motifs is 1. The molecule has 1 heterocycles. The second-order valence-electron chi connectivity index (χ2n) is 11.1. The molecule has 0 unspecified atom stereocenters. The maximum Gasteiger partial charge on any atom is 0.332 e. The number of aryl methyl sites for hydroxylation is 2. The van der Waals surface area contributed by atoms with Crippen molar-refractivity contribution in [3.8, 4) is 5.75 Å². The van der Waals surface area contributed by atoms with Crippen LogP contribution in [0.25, 0.3) is 10.9 Å². The molecule has 0 bridgehead atoms. The quantitative estimate of drug-likeness (QED) is 0.166. The van der Waals surface area contributed by atoms with Crippen molar-refractivity contribution < 1.29 is 29.0 Å². The predicted molar refractivity (Wildman–Crippen MR) is 170 cm³/mol. The average molecular weight is 590 g/mol. The van der Waals surface area contributed by atoms with Gasteiger partial charge in [0.05, 0.1) is 30.4 Å². The molecule has 1 N–H and O–H groups in total. The van der Waals surface area contributed by atoms with Crippen LogP contribution < -0.4 is 4.74 Å². The normalized spacial score (nSPS) is 11.8. The first-order chi connectivity index (χ1) is 21.1. The molecule has 4 aromatic carbocycles. The highest BCUT2D eigenvalue weighted by atomic mass is 16.5. The number of carbonyl (C=O) groups is 3. The first-order valence-corrected chi connectivity index (χ1v) is 14.4. The van der Waals surface area contributed by atoms with Crippen molar-refractivity contribution >= 4 is 28.4 Å². The smallest absolute Gasteiger partial charge is 0.332 e. The minimum absolute atomic E-state index is 0.106. The predicted octanol–water partition coefficient (Wildman–Crippen LogP) is 7.08. The van der Waals surface area contributed by atoms with Crippen molar-refractivity contribution in [2.75, 3.05) is 7.11 Å².